The minimum absolute atomic E-state index is 0.139. The fourth-order valence-electron chi connectivity index (χ4n) is 4.49. The first kappa shape index (κ1) is 17.2. The van der Waals surface area contributed by atoms with Crippen LogP contribution in [0.15, 0.2) is 24.3 Å². The molecular formula is C20H25N3O3. The summed E-state index contributed by atoms with van der Waals surface area (Å²) in [7, 11) is 0. The van der Waals surface area contributed by atoms with E-state index in [9.17, 15) is 14.4 Å². The van der Waals surface area contributed by atoms with Gasteiger partial charge >= 0.3 is 17.8 Å². The van der Waals surface area contributed by atoms with Crippen molar-refractivity contribution < 1.29 is 14.4 Å². The molecule has 1 aliphatic carbocycles. The van der Waals surface area contributed by atoms with Crippen LogP contribution in [0.1, 0.15) is 43.7 Å². The molecule has 0 spiro atoms. The van der Waals surface area contributed by atoms with Gasteiger partial charge in [0.25, 0.3) is 0 Å². The quantitative estimate of drug-likeness (QED) is 0.617. The lowest BCUT2D eigenvalue weighted by atomic mass is 9.85. The third kappa shape index (κ3) is 2.92. The van der Waals surface area contributed by atoms with Gasteiger partial charge in [0.15, 0.2) is 0 Å². The molecule has 138 valence electrons. The van der Waals surface area contributed by atoms with Gasteiger partial charge in [-0.3, -0.25) is 19.4 Å². The van der Waals surface area contributed by atoms with Crippen LogP contribution >= 0.6 is 0 Å². The zero-order valence-corrected chi connectivity index (χ0v) is 15.2. The SMILES string of the molecule is C[C@H]1CCCC[C@@H]1N1C(=O)C(=O)N(CN2CCc3ccccc3C2)C1=O. The molecule has 0 bridgehead atoms. The Kier molecular flexibility index (Phi) is 4.53. The summed E-state index contributed by atoms with van der Waals surface area (Å²) in [5.41, 5.74) is 2.54. The van der Waals surface area contributed by atoms with Crippen LogP contribution in [0, 0.1) is 5.92 Å². The number of hydrogen-bond donors (Lipinski definition) is 0. The Balaban J connectivity index is 1.48. The molecular weight excluding hydrogens is 330 g/mol. The van der Waals surface area contributed by atoms with Crippen molar-refractivity contribution in [2.45, 2.75) is 51.6 Å². The summed E-state index contributed by atoms with van der Waals surface area (Å²) in [4.78, 5) is 42.3. The molecule has 26 heavy (non-hydrogen) atoms. The second-order valence-electron chi connectivity index (χ2n) is 7.73. The third-order valence-electron chi connectivity index (χ3n) is 6.03. The number of rotatable bonds is 3. The summed E-state index contributed by atoms with van der Waals surface area (Å²) in [5, 5.41) is 0. The molecule has 2 aliphatic heterocycles. The predicted octanol–water partition coefficient (Wildman–Crippen LogP) is 2.37. The van der Waals surface area contributed by atoms with E-state index in [4.69, 9.17) is 0 Å². The van der Waals surface area contributed by atoms with Crippen molar-refractivity contribution in [3.8, 4) is 0 Å². The largest absolute Gasteiger partial charge is 0.335 e. The number of fused-ring (bicyclic) bond motifs is 1. The van der Waals surface area contributed by atoms with Crippen LogP contribution in [0.4, 0.5) is 4.79 Å². The smallest absolute Gasteiger partial charge is 0.281 e. The summed E-state index contributed by atoms with van der Waals surface area (Å²) in [6.45, 7) is 3.73. The number of urea groups is 1. The lowest BCUT2D eigenvalue weighted by Gasteiger charge is -2.35. The molecule has 1 aromatic carbocycles. The Hall–Kier alpha value is -2.21. The number of carbonyl (C=O) groups excluding carboxylic acids is 3. The molecule has 1 saturated carbocycles. The second kappa shape index (κ2) is 6.83. The van der Waals surface area contributed by atoms with Gasteiger partial charge in [0.1, 0.15) is 0 Å². The predicted molar refractivity (Wildman–Crippen MR) is 95.9 cm³/mol. The number of imide groups is 2. The first-order valence-electron chi connectivity index (χ1n) is 9.54. The Labute approximate surface area is 153 Å². The molecule has 0 unspecified atom stereocenters. The topological polar surface area (TPSA) is 60.9 Å². The van der Waals surface area contributed by atoms with Crippen molar-refractivity contribution in [1.82, 2.24) is 14.7 Å². The molecule has 1 saturated heterocycles. The first-order valence-corrected chi connectivity index (χ1v) is 9.54. The normalized spacial score (nSPS) is 27.2. The molecule has 0 aromatic heterocycles. The van der Waals surface area contributed by atoms with Crippen LogP contribution in [-0.4, -0.2) is 51.8 Å². The van der Waals surface area contributed by atoms with Gasteiger partial charge in [0, 0.05) is 19.1 Å². The highest BCUT2D eigenvalue weighted by molar-refractivity contribution is 6.44. The second-order valence-corrected chi connectivity index (χ2v) is 7.73. The van der Waals surface area contributed by atoms with Gasteiger partial charge < -0.3 is 0 Å². The molecule has 4 amide bonds. The number of benzene rings is 1. The van der Waals surface area contributed by atoms with Gasteiger partial charge in [-0.05, 0) is 36.3 Å². The highest BCUT2D eigenvalue weighted by Crippen LogP contribution is 2.31. The summed E-state index contributed by atoms with van der Waals surface area (Å²) in [6, 6.07) is 7.66. The molecule has 6 heteroatoms. The number of carbonyl (C=O) groups is 3. The van der Waals surface area contributed by atoms with Crippen molar-refractivity contribution in [2.24, 2.45) is 5.92 Å². The molecule has 2 atom stereocenters. The molecule has 0 radical (unpaired) electrons. The average Bonchev–Trinajstić information content (AvgIpc) is 2.86. The highest BCUT2D eigenvalue weighted by Gasteiger charge is 2.49. The Morgan fingerprint density at radius 2 is 1.73 bits per heavy atom. The minimum Gasteiger partial charge on any atom is -0.281 e. The minimum atomic E-state index is -0.674. The fraction of sp³-hybridized carbons (Fsp3) is 0.550. The fourth-order valence-corrected chi connectivity index (χ4v) is 4.49. The summed E-state index contributed by atoms with van der Waals surface area (Å²) < 4.78 is 0. The molecule has 6 nitrogen and oxygen atoms in total. The van der Waals surface area contributed by atoms with Crippen molar-refractivity contribution in [3.05, 3.63) is 35.4 Å². The summed E-state index contributed by atoms with van der Waals surface area (Å²) in [6.07, 6.45) is 4.82. The molecule has 2 heterocycles. The van der Waals surface area contributed by atoms with Crippen LogP contribution < -0.4 is 0 Å². The first-order chi connectivity index (χ1) is 12.6. The van der Waals surface area contributed by atoms with E-state index in [1.165, 1.54) is 16.0 Å². The van der Waals surface area contributed by atoms with Crippen LogP contribution in [-0.2, 0) is 22.6 Å². The number of nitrogens with zero attached hydrogens (tertiary/aromatic N) is 3. The van der Waals surface area contributed by atoms with E-state index in [0.29, 0.717) is 6.54 Å². The van der Waals surface area contributed by atoms with E-state index in [0.717, 1.165) is 43.5 Å². The van der Waals surface area contributed by atoms with Crippen molar-refractivity contribution >= 4 is 17.8 Å². The Morgan fingerprint density at radius 3 is 2.50 bits per heavy atom. The van der Waals surface area contributed by atoms with Gasteiger partial charge in [-0.2, -0.15) is 0 Å². The molecule has 3 aliphatic rings. The van der Waals surface area contributed by atoms with Gasteiger partial charge in [0.05, 0.1) is 6.67 Å². The molecule has 1 aromatic rings. The number of hydrogen-bond acceptors (Lipinski definition) is 4. The van der Waals surface area contributed by atoms with E-state index in [1.54, 1.807) is 0 Å². The maximum absolute atomic E-state index is 12.9. The van der Waals surface area contributed by atoms with Crippen LogP contribution in [0.3, 0.4) is 0 Å². The van der Waals surface area contributed by atoms with Crippen molar-refractivity contribution in [1.29, 1.82) is 0 Å². The average molecular weight is 355 g/mol. The summed E-state index contributed by atoms with van der Waals surface area (Å²) in [5.74, 6) is -1.07. The van der Waals surface area contributed by atoms with Gasteiger partial charge in [0.2, 0.25) is 0 Å². The third-order valence-corrected chi connectivity index (χ3v) is 6.03. The van der Waals surface area contributed by atoms with Gasteiger partial charge in [-0.15, -0.1) is 0 Å². The highest BCUT2D eigenvalue weighted by atomic mass is 16.2. The maximum atomic E-state index is 12.9. The van der Waals surface area contributed by atoms with Crippen LogP contribution in [0.2, 0.25) is 0 Å². The van der Waals surface area contributed by atoms with E-state index >= 15 is 0 Å². The van der Waals surface area contributed by atoms with Crippen LogP contribution in [0.25, 0.3) is 0 Å². The van der Waals surface area contributed by atoms with E-state index in [2.05, 4.69) is 24.0 Å². The number of amides is 4. The molecule has 0 N–H and O–H groups in total. The molecule has 4 rings (SSSR count). The van der Waals surface area contributed by atoms with Crippen LogP contribution in [0.5, 0.6) is 0 Å². The Bertz CT molecular complexity index is 748. The van der Waals surface area contributed by atoms with Crippen molar-refractivity contribution in [3.63, 3.8) is 0 Å². The van der Waals surface area contributed by atoms with Gasteiger partial charge in [-0.25, -0.2) is 9.69 Å². The molecule has 2 fully saturated rings. The van der Waals surface area contributed by atoms with Crippen molar-refractivity contribution in [2.75, 3.05) is 13.2 Å². The lowest BCUT2D eigenvalue weighted by molar-refractivity contribution is -0.145. The zero-order valence-electron chi connectivity index (χ0n) is 15.2. The van der Waals surface area contributed by atoms with E-state index < -0.39 is 17.8 Å². The standard InChI is InChI=1S/C20H25N3O3/c1-14-6-2-5-9-17(14)23-19(25)18(24)22(20(23)26)13-21-11-10-15-7-3-4-8-16(15)12-21/h3-4,7-8,14,17H,2,5-6,9-13H2,1H3/t14-,17-/m0/s1. The zero-order chi connectivity index (χ0) is 18.3. The maximum Gasteiger partial charge on any atom is 0.335 e. The van der Waals surface area contributed by atoms with E-state index in [-0.39, 0.29) is 18.6 Å². The Morgan fingerprint density at radius 1 is 1.00 bits per heavy atom. The monoisotopic (exact) mass is 355 g/mol. The lowest BCUT2D eigenvalue weighted by Crippen LogP contribution is -2.47. The summed E-state index contributed by atoms with van der Waals surface area (Å²) >= 11 is 0. The van der Waals surface area contributed by atoms with Gasteiger partial charge in [-0.1, -0.05) is 44.0 Å². The van der Waals surface area contributed by atoms with E-state index in [1.807, 2.05) is 12.1 Å².